The van der Waals surface area contributed by atoms with Gasteiger partial charge in [0.05, 0.1) is 18.2 Å². The van der Waals surface area contributed by atoms with E-state index in [1.54, 1.807) is 12.0 Å². The summed E-state index contributed by atoms with van der Waals surface area (Å²) in [5, 5.41) is 4.44. The number of hydrogen-bond acceptors (Lipinski definition) is 5. The molecule has 0 bridgehead atoms. The Morgan fingerprint density at radius 1 is 1.31 bits per heavy atom. The van der Waals surface area contributed by atoms with Gasteiger partial charge in [-0.2, -0.15) is 4.98 Å². The predicted molar refractivity (Wildman–Crippen MR) is 106 cm³/mol. The third-order valence-corrected chi connectivity index (χ3v) is 5.25. The number of methoxy groups -OCH3 is 1. The highest BCUT2D eigenvalue weighted by molar-refractivity contribution is 6.31. The van der Waals surface area contributed by atoms with E-state index in [9.17, 15) is 9.18 Å². The van der Waals surface area contributed by atoms with Crippen LogP contribution in [-0.2, 0) is 0 Å². The van der Waals surface area contributed by atoms with E-state index in [4.69, 9.17) is 20.9 Å². The van der Waals surface area contributed by atoms with Gasteiger partial charge in [0, 0.05) is 24.0 Å². The van der Waals surface area contributed by atoms with Crippen molar-refractivity contribution < 1.29 is 18.4 Å². The van der Waals surface area contributed by atoms with Crippen LogP contribution in [0.15, 0.2) is 47.0 Å². The number of ether oxygens (including phenoxy) is 1. The zero-order valence-electron chi connectivity index (χ0n) is 15.8. The van der Waals surface area contributed by atoms with Crippen LogP contribution < -0.4 is 4.74 Å². The number of halogens is 2. The van der Waals surface area contributed by atoms with Crippen LogP contribution in [0.2, 0.25) is 5.02 Å². The van der Waals surface area contributed by atoms with Gasteiger partial charge in [0.1, 0.15) is 11.6 Å². The zero-order valence-corrected chi connectivity index (χ0v) is 16.5. The number of rotatable bonds is 4. The normalized spacial score (nSPS) is 16.7. The van der Waals surface area contributed by atoms with Gasteiger partial charge in [-0.05, 0) is 43.2 Å². The van der Waals surface area contributed by atoms with Crippen LogP contribution in [0.3, 0.4) is 0 Å². The molecule has 6 nitrogen and oxygen atoms in total. The van der Waals surface area contributed by atoms with Crippen LogP contribution in [0, 0.1) is 5.82 Å². The molecule has 1 aliphatic heterocycles. The third kappa shape index (κ3) is 3.96. The van der Waals surface area contributed by atoms with Crippen molar-refractivity contribution in [1.29, 1.82) is 0 Å². The van der Waals surface area contributed by atoms with Gasteiger partial charge in [-0.1, -0.05) is 28.9 Å². The van der Waals surface area contributed by atoms with Crippen LogP contribution >= 0.6 is 11.6 Å². The van der Waals surface area contributed by atoms with Crippen LogP contribution in [0.25, 0.3) is 11.5 Å². The second-order valence-corrected chi connectivity index (χ2v) is 7.31. The first-order valence-corrected chi connectivity index (χ1v) is 9.66. The van der Waals surface area contributed by atoms with Gasteiger partial charge >= 0.3 is 0 Å². The van der Waals surface area contributed by atoms with Crippen molar-refractivity contribution in [3.8, 4) is 17.2 Å². The van der Waals surface area contributed by atoms with E-state index >= 15 is 0 Å². The summed E-state index contributed by atoms with van der Waals surface area (Å²) in [5.41, 5.74) is 0.680. The Morgan fingerprint density at radius 2 is 2.14 bits per heavy atom. The number of aromatic nitrogens is 2. The maximum Gasteiger partial charge on any atom is 0.261 e. The summed E-state index contributed by atoms with van der Waals surface area (Å²) in [5.74, 6) is 0.459. The number of para-hydroxylation sites is 1. The maximum atomic E-state index is 14.1. The molecule has 2 aromatic carbocycles. The first kappa shape index (κ1) is 19.4. The van der Waals surface area contributed by atoms with Crippen LogP contribution in [0.1, 0.15) is 34.9 Å². The number of hydrogen-bond donors (Lipinski definition) is 0. The first-order chi connectivity index (χ1) is 14.1. The van der Waals surface area contributed by atoms with Gasteiger partial charge in [-0.3, -0.25) is 4.79 Å². The van der Waals surface area contributed by atoms with E-state index in [1.807, 2.05) is 24.3 Å². The van der Waals surface area contributed by atoms with Crippen molar-refractivity contribution in [2.45, 2.75) is 18.8 Å². The molecule has 0 N–H and O–H groups in total. The fourth-order valence-electron chi connectivity index (χ4n) is 3.54. The van der Waals surface area contributed by atoms with Gasteiger partial charge in [0.25, 0.3) is 11.8 Å². The fourth-order valence-corrected chi connectivity index (χ4v) is 3.71. The Balaban J connectivity index is 1.54. The molecule has 150 valence electrons. The molecule has 29 heavy (non-hydrogen) atoms. The van der Waals surface area contributed by atoms with E-state index in [-0.39, 0.29) is 17.4 Å². The molecule has 1 fully saturated rings. The molecule has 0 aliphatic carbocycles. The fraction of sp³-hybridized carbons (Fsp3) is 0.286. The predicted octanol–water partition coefficient (Wildman–Crippen LogP) is 4.56. The van der Waals surface area contributed by atoms with E-state index in [1.165, 1.54) is 18.2 Å². The number of benzene rings is 2. The standard InChI is InChI=1S/C21H19ClFN3O3/c1-28-18-7-3-2-6-15(18)20-24-19(25-29-20)13-5-4-10-26(12-13)21(27)16-11-14(22)8-9-17(16)23/h2-3,6-9,11,13H,4-5,10,12H2,1H3/t13-/m0/s1. The molecule has 0 radical (unpaired) electrons. The highest BCUT2D eigenvalue weighted by Gasteiger charge is 2.30. The second-order valence-electron chi connectivity index (χ2n) is 6.87. The van der Waals surface area contributed by atoms with Crippen LogP contribution in [0.4, 0.5) is 4.39 Å². The van der Waals surface area contributed by atoms with E-state index in [0.29, 0.717) is 41.1 Å². The zero-order chi connectivity index (χ0) is 20.4. The first-order valence-electron chi connectivity index (χ1n) is 9.28. The molecule has 1 atom stereocenters. The van der Waals surface area contributed by atoms with Crippen molar-refractivity contribution in [2.75, 3.05) is 20.2 Å². The van der Waals surface area contributed by atoms with E-state index in [0.717, 1.165) is 12.8 Å². The Kier molecular flexibility index (Phi) is 5.49. The van der Waals surface area contributed by atoms with Crippen molar-refractivity contribution in [2.24, 2.45) is 0 Å². The number of piperidine rings is 1. The largest absolute Gasteiger partial charge is 0.496 e. The summed E-state index contributed by atoms with van der Waals surface area (Å²) < 4.78 is 24.9. The summed E-state index contributed by atoms with van der Waals surface area (Å²) in [6.07, 6.45) is 1.57. The summed E-state index contributed by atoms with van der Waals surface area (Å²) in [6, 6.07) is 11.4. The molecule has 0 unspecified atom stereocenters. The monoisotopic (exact) mass is 415 g/mol. The molecule has 0 saturated carbocycles. The molecular formula is C21H19ClFN3O3. The molecule has 1 amide bonds. The molecule has 0 spiro atoms. The lowest BCUT2D eigenvalue weighted by molar-refractivity contribution is 0.0699. The average Bonchev–Trinajstić information content (AvgIpc) is 3.25. The summed E-state index contributed by atoms with van der Waals surface area (Å²) in [4.78, 5) is 18.9. The lowest BCUT2D eigenvalue weighted by Crippen LogP contribution is -2.39. The van der Waals surface area contributed by atoms with Gasteiger partial charge in [0.2, 0.25) is 0 Å². The van der Waals surface area contributed by atoms with Crippen molar-refractivity contribution in [3.63, 3.8) is 0 Å². The lowest BCUT2D eigenvalue weighted by atomic mass is 9.96. The number of nitrogens with zero attached hydrogens (tertiary/aromatic N) is 3. The molecule has 1 aliphatic rings. The SMILES string of the molecule is COc1ccccc1-c1nc([C@H]2CCCN(C(=O)c3cc(Cl)ccc3F)C2)no1. The number of amides is 1. The maximum absolute atomic E-state index is 14.1. The summed E-state index contributed by atoms with van der Waals surface area (Å²) >= 11 is 5.93. The molecule has 1 saturated heterocycles. The third-order valence-electron chi connectivity index (χ3n) is 5.01. The Hall–Kier alpha value is -2.93. The molecule has 8 heteroatoms. The number of carbonyl (C=O) groups is 1. The lowest BCUT2D eigenvalue weighted by Gasteiger charge is -2.31. The van der Waals surface area contributed by atoms with Gasteiger partial charge in [0.15, 0.2) is 5.82 Å². The van der Waals surface area contributed by atoms with E-state index in [2.05, 4.69) is 10.1 Å². The number of likely N-dealkylation sites (tertiary alicyclic amines) is 1. The summed E-state index contributed by atoms with van der Waals surface area (Å²) in [7, 11) is 1.58. The highest BCUT2D eigenvalue weighted by atomic mass is 35.5. The Bertz CT molecular complexity index is 1040. The molecule has 4 rings (SSSR count). The Morgan fingerprint density at radius 3 is 2.97 bits per heavy atom. The van der Waals surface area contributed by atoms with Crippen molar-refractivity contribution in [3.05, 3.63) is 64.7 Å². The van der Waals surface area contributed by atoms with Gasteiger partial charge < -0.3 is 14.2 Å². The molecule has 3 aromatic rings. The van der Waals surface area contributed by atoms with Gasteiger partial charge in [-0.15, -0.1) is 0 Å². The van der Waals surface area contributed by atoms with Crippen molar-refractivity contribution >= 4 is 17.5 Å². The molecule has 2 heterocycles. The second kappa shape index (κ2) is 8.21. The number of carbonyl (C=O) groups excluding carboxylic acids is 1. The minimum absolute atomic E-state index is 0.0269. The highest BCUT2D eigenvalue weighted by Crippen LogP contribution is 2.31. The minimum atomic E-state index is -0.584. The van der Waals surface area contributed by atoms with Crippen molar-refractivity contribution in [1.82, 2.24) is 15.0 Å². The van der Waals surface area contributed by atoms with Crippen LogP contribution in [0.5, 0.6) is 5.75 Å². The van der Waals surface area contributed by atoms with Gasteiger partial charge in [-0.25, -0.2) is 4.39 Å². The average molecular weight is 416 g/mol. The molecule has 1 aromatic heterocycles. The molecular weight excluding hydrogens is 397 g/mol. The minimum Gasteiger partial charge on any atom is -0.496 e. The summed E-state index contributed by atoms with van der Waals surface area (Å²) in [6.45, 7) is 0.925. The van der Waals surface area contributed by atoms with Crippen LogP contribution in [-0.4, -0.2) is 41.1 Å². The van der Waals surface area contributed by atoms with E-state index < -0.39 is 5.82 Å². The smallest absolute Gasteiger partial charge is 0.261 e. The topological polar surface area (TPSA) is 68.5 Å². The Labute approximate surface area is 172 Å². The quantitative estimate of drug-likeness (QED) is 0.625.